The van der Waals surface area contributed by atoms with Crippen LogP contribution in [0.4, 0.5) is 4.39 Å². The molecule has 0 aromatic heterocycles. The Hall–Kier alpha value is -0.740. The molecule has 106 valence electrons. The smallest absolute Gasteiger partial charge is 0.136 e. The van der Waals surface area contributed by atoms with Crippen molar-refractivity contribution in [2.45, 2.75) is 17.4 Å². The Labute approximate surface area is 131 Å². The number of rotatable bonds is 5. The molecule has 0 heterocycles. The number of thioether (sulfide) groups is 1. The summed E-state index contributed by atoms with van der Waals surface area (Å²) in [6.07, 6.45) is -0.225. The summed E-state index contributed by atoms with van der Waals surface area (Å²) in [4.78, 5) is 0.531. The zero-order chi connectivity index (χ0) is 14.5. The van der Waals surface area contributed by atoms with Gasteiger partial charge in [-0.05, 0) is 35.9 Å². The van der Waals surface area contributed by atoms with E-state index in [9.17, 15) is 9.50 Å². The summed E-state index contributed by atoms with van der Waals surface area (Å²) in [6, 6.07) is 11.7. The van der Waals surface area contributed by atoms with Crippen molar-refractivity contribution in [2.75, 3.05) is 5.75 Å². The Bertz CT molecular complexity index is 592. The summed E-state index contributed by atoms with van der Waals surface area (Å²) in [7, 11) is 0. The number of aliphatic hydroxyl groups excluding tert-OH is 1. The highest BCUT2D eigenvalue weighted by Crippen LogP contribution is 2.25. The topological polar surface area (TPSA) is 20.2 Å². The Balaban J connectivity index is 1.94. The van der Waals surface area contributed by atoms with Gasteiger partial charge in [-0.25, -0.2) is 4.39 Å². The van der Waals surface area contributed by atoms with E-state index < -0.39 is 6.10 Å². The molecule has 0 radical (unpaired) electrons. The molecule has 1 N–H and O–H groups in total. The number of hydrogen-bond acceptors (Lipinski definition) is 2. The van der Waals surface area contributed by atoms with Crippen molar-refractivity contribution in [1.29, 1.82) is 0 Å². The predicted octanol–water partition coefficient (Wildman–Crippen LogP) is 4.83. The number of benzene rings is 2. The molecule has 1 unspecified atom stereocenters. The normalized spacial score (nSPS) is 12.4. The van der Waals surface area contributed by atoms with Gasteiger partial charge in [0.15, 0.2) is 0 Å². The van der Waals surface area contributed by atoms with Gasteiger partial charge in [-0.15, -0.1) is 11.8 Å². The van der Waals surface area contributed by atoms with E-state index in [-0.39, 0.29) is 5.82 Å². The highest BCUT2D eigenvalue weighted by molar-refractivity contribution is 7.99. The van der Waals surface area contributed by atoms with Crippen molar-refractivity contribution in [2.24, 2.45) is 0 Å². The van der Waals surface area contributed by atoms with E-state index in [4.69, 9.17) is 23.2 Å². The first-order chi connectivity index (χ1) is 9.56. The Morgan fingerprint density at radius 3 is 2.65 bits per heavy atom. The zero-order valence-electron chi connectivity index (χ0n) is 10.5. The quantitative estimate of drug-likeness (QED) is 0.792. The van der Waals surface area contributed by atoms with Crippen LogP contribution in [-0.2, 0) is 6.42 Å². The minimum Gasteiger partial charge on any atom is -0.392 e. The molecule has 0 bridgehead atoms. The fourth-order valence-corrected chi connectivity index (χ4v) is 3.02. The first kappa shape index (κ1) is 15.6. The minimum absolute atomic E-state index is 0.273. The van der Waals surface area contributed by atoms with Crippen LogP contribution in [0.15, 0.2) is 47.4 Å². The molecule has 0 saturated heterocycles. The fourth-order valence-electron chi connectivity index (χ4n) is 1.76. The van der Waals surface area contributed by atoms with Crippen LogP contribution >= 0.6 is 35.0 Å². The first-order valence-corrected chi connectivity index (χ1v) is 7.79. The molecule has 0 aliphatic carbocycles. The van der Waals surface area contributed by atoms with Crippen LogP contribution in [0.5, 0.6) is 0 Å². The lowest BCUT2D eigenvalue weighted by molar-refractivity contribution is 0.200. The first-order valence-electron chi connectivity index (χ1n) is 6.05. The third-order valence-electron chi connectivity index (χ3n) is 2.73. The van der Waals surface area contributed by atoms with E-state index in [1.807, 2.05) is 0 Å². The number of hydrogen-bond donors (Lipinski definition) is 1. The van der Waals surface area contributed by atoms with Crippen molar-refractivity contribution in [3.05, 3.63) is 63.9 Å². The third kappa shape index (κ3) is 4.38. The summed E-state index contributed by atoms with van der Waals surface area (Å²) in [5.41, 5.74) is 0.792. The molecular weight excluding hydrogens is 318 g/mol. The molecule has 2 aromatic carbocycles. The molecule has 0 saturated carbocycles. The van der Waals surface area contributed by atoms with E-state index in [1.165, 1.54) is 17.8 Å². The Kier molecular flexibility index (Phi) is 5.73. The second-order valence-electron chi connectivity index (χ2n) is 4.34. The summed E-state index contributed by atoms with van der Waals surface area (Å²) in [5.74, 6) is 0.120. The van der Waals surface area contributed by atoms with Gasteiger partial charge in [0, 0.05) is 27.1 Å². The molecule has 0 aliphatic heterocycles. The van der Waals surface area contributed by atoms with Gasteiger partial charge in [0.25, 0.3) is 0 Å². The van der Waals surface area contributed by atoms with E-state index in [2.05, 4.69) is 0 Å². The van der Waals surface area contributed by atoms with E-state index in [0.29, 0.717) is 27.1 Å². The van der Waals surface area contributed by atoms with Crippen LogP contribution in [0.1, 0.15) is 5.56 Å². The van der Waals surface area contributed by atoms with E-state index >= 15 is 0 Å². The average molecular weight is 331 g/mol. The zero-order valence-corrected chi connectivity index (χ0v) is 12.9. The van der Waals surface area contributed by atoms with Crippen LogP contribution in [0.3, 0.4) is 0 Å². The monoisotopic (exact) mass is 330 g/mol. The second kappa shape index (κ2) is 7.32. The van der Waals surface area contributed by atoms with Crippen LogP contribution in [0, 0.1) is 5.82 Å². The highest BCUT2D eigenvalue weighted by Gasteiger charge is 2.11. The minimum atomic E-state index is -0.615. The van der Waals surface area contributed by atoms with Gasteiger partial charge in [-0.2, -0.15) is 0 Å². The molecule has 0 fully saturated rings. The lowest BCUT2D eigenvalue weighted by Gasteiger charge is -2.12. The van der Waals surface area contributed by atoms with Crippen molar-refractivity contribution in [3.63, 3.8) is 0 Å². The van der Waals surface area contributed by atoms with Gasteiger partial charge in [-0.3, -0.25) is 0 Å². The lowest BCUT2D eigenvalue weighted by atomic mass is 10.1. The Morgan fingerprint density at radius 1 is 1.15 bits per heavy atom. The van der Waals surface area contributed by atoms with E-state index in [0.717, 1.165) is 5.56 Å². The summed E-state index contributed by atoms with van der Waals surface area (Å²) < 4.78 is 13.4. The maximum Gasteiger partial charge on any atom is 0.136 e. The molecule has 5 heteroatoms. The van der Waals surface area contributed by atoms with Gasteiger partial charge in [0.1, 0.15) is 5.82 Å². The van der Waals surface area contributed by atoms with Gasteiger partial charge < -0.3 is 5.11 Å². The second-order valence-corrected chi connectivity index (χ2v) is 6.24. The van der Waals surface area contributed by atoms with Crippen LogP contribution < -0.4 is 0 Å². The summed E-state index contributed by atoms with van der Waals surface area (Å²) in [6.45, 7) is 0. The van der Waals surface area contributed by atoms with Gasteiger partial charge in [-0.1, -0.05) is 35.3 Å². The van der Waals surface area contributed by atoms with Crippen LogP contribution in [-0.4, -0.2) is 17.0 Å². The standard InChI is InChI=1S/C15H13Cl2FOS/c16-11-5-6-13(17)10(7-11)8-12(19)9-20-15-4-2-1-3-14(15)18/h1-7,12,19H,8-9H2. The van der Waals surface area contributed by atoms with Gasteiger partial charge in [0.05, 0.1) is 6.10 Å². The molecule has 1 atom stereocenters. The maximum atomic E-state index is 13.4. The number of aliphatic hydroxyl groups is 1. The highest BCUT2D eigenvalue weighted by atomic mass is 35.5. The van der Waals surface area contributed by atoms with Crippen LogP contribution in [0.2, 0.25) is 10.0 Å². The molecule has 0 aliphatic rings. The van der Waals surface area contributed by atoms with Gasteiger partial charge in [0.2, 0.25) is 0 Å². The SMILES string of the molecule is OC(CSc1ccccc1F)Cc1cc(Cl)ccc1Cl. The molecule has 0 amide bonds. The van der Waals surface area contributed by atoms with E-state index in [1.54, 1.807) is 36.4 Å². The van der Waals surface area contributed by atoms with Gasteiger partial charge >= 0.3 is 0 Å². The van der Waals surface area contributed by atoms with Crippen molar-refractivity contribution in [1.82, 2.24) is 0 Å². The Morgan fingerprint density at radius 2 is 1.90 bits per heavy atom. The molecular formula is C15H13Cl2FOS. The summed E-state index contributed by atoms with van der Waals surface area (Å²) in [5, 5.41) is 11.2. The molecule has 2 aromatic rings. The van der Waals surface area contributed by atoms with Crippen molar-refractivity contribution >= 4 is 35.0 Å². The molecule has 20 heavy (non-hydrogen) atoms. The summed E-state index contributed by atoms with van der Waals surface area (Å²) >= 11 is 13.2. The largest absolute Gasteiger partial charge is 0.392 e. The fraction of sp³-hybridized carbons (Fsp3) is 0.200. The molecule has 0 spiro atoms. The molecule has 2 rings (SSSR count). The predicted molar refractivity (Wildman–Crippen MR) is 83.3 cm³/mol. The number of halogens is 3. The van der Waals surface area contributed by atoms with Crippen LogP contribution in [0.25, 0.3) is 0 Å². The van der Waals surface area contributed by atoms with Crippen molar-refractivity contribution < 1.29 is 9.50 Å². The third-order valence-corrected chi connectivity index (χ3v) is 4.53. The lowest BCUT2D eigenvalue weighted by Crippen LogP contribution is -2.14. The van der Waals surface area contributed by atoms with Crippen molar-refractivity contribution in [3.8, 4) is 0 Å². The maximum absolute atomic E-state index is 13.4. The average Bonchev–Trinajstić information content (AvgIpc) is 2.42. The molecule has 1 nitrogen and oxygen atoms in total.